The zero-order valence-corrected chi connectivity index (χ0v) is 3.31. The molecule has 0 aliphatic rings. The molecule has 0 saturated heterocycles. The highest BCUT2D eigenvalue weighted by molar-refractivity contribution is 4.70. The van der Waals surface area contributed by atoms with Gasteiger partial charge >= 0.3 is 0 Å². The molecule has 4 heteroatoms. The second-order valence-corrected chi connectivity index (χ2v) is 0.667. The Morgan fingerprint density at radius 2 is 1.33 bits per heavy atom. The molecule has 0 aromatic heterocycles. The van der Waals surface area contributed by atoms with Crippen LogP contribution in [0, 0.1) is 0 Å². The highest BCUT2D eigenvalue weighted by Crippen LogP contribution is 1.44. The fourth-order valence-electron chi connectivity index (χ4n) is 0.0962. The summed E-state index contributed by atoms with van der Waals surface area (Å²) in [5, 5.41) is 0. The lowest BCUT2D eigenvalue weighted by Gasteiger charge is -1.83. The minimum Gasteiger partial charge on any atom is -0.330 e. The SMILES string of the molecule is NNC=CNN. The van der Waals surface area contributed by atoms with Crippen LogP contribution in [0.3, 0.4) is 0 Å². The van der Waals surface area contributed by atoms with Crippen molar-refractivity contribution in [1.29, 1.82) is 0 Å². The third kappa shape index (κ3) is 3.26. The van der Waals surface area contributed by atoms with Crippen LogP contribution in [0.2, 0.25) is 0 Å². The fraction of sp³-hybridized carbons (Fsp3) is 0. The molecular formula is C2H8N4. The largest absolute Gasteiger partial charge is 0.330 e. The van der Waals surface area contributed by atoms with Crippen LogP contribution in [0.25, 0.3) is 0 Å². The maximum absolute atomic E-state index is 4.78. The first-order chi connectivity index (χ1) is 2.91. The van der Waals surface area contributed by atoms with Crippen LogP contribution >= 0.6 is 0 Å². The second-order valence-electron chi connectivity index (χ2n) is 0.667. The quantitative estimate of drug-likeness (QED) is 0.242. The molecule has 0 atom stereocenters. The standard InChI is InChI=1S/C2H8N4/c3-5-1-2-6-4/h1-2,5-6H,3-4H2. The van der Waals surface area contributed by atoms with Gasteiger partial charge in [-0.15, -0.1) is 0 Å². The number of hydrogen-bond acceptors (Lipinski definition) is 4. The molecule has 0 spiro atoms. The van der Waals surface area contributed by atoms with Crippen molar-refractivity contribution in [3.63, 3.8) is 0 Å². The Labute approximate surface area is 36.1 Å². The summed E-state index contributed by atoms with van der Waals surface area (Å²) in [4.78, 5) is 0. The Kier molecular flexibility index (Phi) is 3.73. The van der Waals surface area contributed by atoms with E-state index in [9.17, 15) is 0 Å². The van der Waals surface area contributed by atoms with Gasteiger partial charge in [-0.2, -0.15) is 0 Å². The van der Waals surface area contributed by atoms with Gasteiger partial charge in [-0.3, -0.25) is 11.7 Å². The number of rotatable bonds is 2. The number of nitrogens with one attached hydrogen (secondary N) is 2. The van der Waals surface area contributed by atoms with Gasteiger partial charge in [0.05, 0.1) is 0 Å². The summed E-state index contributed by atoms with van der Waals surface area (Å²) in [6, 6.07) is 0. The highest BCUT2D eigenvalue weighted by atomic mass is 15.2. The van der Waals surface area contributed by atoms with Crippen molar-refractivity contribution in [3.8, 4) is 0 Å². The van der Waals surface area contributed by atoms with Crippen molar-refractivity contribution in [2.24, 2.45) is 11.7 Å². The fourth-order valence-corrected chi connectivity index (χ4v) is 0.0962. The Hall–Kier alpha value is -0.740. The summed E-state index contributed by atoms with van der Waals surface area (Å²) in [6.07, 6.45) is 2.94. The first-order valence-corrected chi connectivity index (χ1v) is 1.49. The molecule has 36 valence electrons. The van der Waals surface area contributed by atoms with Crippen LogP contribution in [0.15, 0.2) is 12.4 Å². The van der Waals surface area contributed by atoms with Gasteiger partial charge in [0, 0.05) is 12.4 Å². The van der Waals surface area contributed by atoms with Crippen molar-refractivity contribution in [1.82, 2.24) is 10.9 Å². The molecule has 4 nitrogen and oxygen atoms in total. The molecule has 0 bridgehead atoms. The minimum atomic E-state index is 1.47. The van der Waals surface area contributed by atoms with E-state index in [0.29, 0.717) is 0 Å². The monoisotopic (exact) mass is 88.1 g/mol. The molecule has 6 N–H and O–H groups in total. The van der Waals surface area contributed by atoms with E-state index in [1.54, 1.807) is 0 Å². The maximum atomic E-state index is 4.78. The zero-order chi connectivity index (χ0) is 4.83. The van der Waals surface area contributed by atoms with Gasteiger partial charge in [0.15, 0.2) is 0 Å². The van der Waals surface area contributed by atoms with Crippen molar-refractivity contribution in [3.05, 3.63) is 12.4 Å². The molecular weight excluding hydrogens is 80.1 g/mol. The average molecular weight is 88.1 g/mol. The summed E-state index contributed by atoms with van der Waals surface area (Å²) in [5.74, 6) is 9.56. The summed E-state index contributed by atoms with van der Waals surface area (Å²) in [5.41, 5.74) is 4.49. The van der Waals surface area contributed by atoms with Gasteiger partial charge < -0.3 is 10.9 Å². The first kappa shape index (κ1) is 5.26. The van der Waals surface area contributed by atoms with Crippen molar-refractivity contribution < 1.29 is 0 Å². The second kappa shape index (κ2) is 4.26. The Bertz CT molecular complexity index is 34.8. The molecule has 0 aromatic rings. The lowest BCUT2D eigenvalue weighted by molar-refractivity contribution is 0.908. The summed E-state index contributed by atoms with van der Waals surface area (Å²) >= 11 is 0. The van der Waals surface area contributed by atoms with E-state index in [1.807, 2.05) is 0 Å². The van der Waals surface area contributed by atoms with E-state index >= 15 is 0 Å². The highest BCUT2D eigenvalue weighted by Gasteiger charge is 1.52. The molecule has 0 rings (SSSR count). The van der Waals surface area contributed by atoms with Gasteiger partial charge in [-0.1, -0.05) is 0 Å². The van der Waals surface area contributed by atoms with Crippen molar-refractivity contribution in [2.75, 3.05) is 0 Å². The first-order valence-electron chi connectivity index (χ1n) is 1.49. The average Bonchev–Trinajstić information content (AvgIpc) is 1.61. The van der Waals surface area contributed by atoms with Crippen LogP contribution in [0.4, 0.5) is 0 Å². The summed E-state index contributed by atoms with van der Waals surface area (Å²) < 4.78 is 0. The molecule has 0 unspecified atom stereocenters. The Morgan fingerprint density at radius 1 is 1.00 bits per heavy atom. The van der Waals surface area contributed by atoms with Gasteiger partial charge in [-0.05, 0) is 0 Å². The molecule has 0 heterocycles. The Balaban J connectivity index is 2.73. The van der Waals surface area contributed by atoms with E-state index in [2.05, 4.69) is 10.9 Å². The van der Waals surface area contributed by atoms with Gasteiger partial charge in [0.25, 0.3) is 0 Å². The molecule has 0 aliphatic carbocycles. The van der Waals surface area contributed by atoms with Crippen LogP contribution in [0.1, 0.15) is 0 Å². The molecule has 6 heavy (non-hydrogen) atoms. The van der Waals surface area contributed by atoms with Crippen LogP contribution < -0.4 is 22.5 Å². The Morgan fingerprint density at radius 3 is 1.50 bits per heavy atom. The van der Waals surface area contributed by atoms with Crippen LogP contribution in [-0.2, 0) is 0 Å². The lowest BCUT2D eigenvalue weighted by Crippen LogP contribution is -2.18. The van der Waals surface area contributed by atoms with Gasteiger partial charge in [-0.25, -0.2) is 0 Å². The van der Waals surface area contributed by atoms with E-state index in [0.717, 1.165) is 0 Å². The number of hydrazine groups is 2. The predicted octanol–water partition coefficient (Wildman–Crippen LogP) is -1.62. The molecule has 0 fully saturated rings. The van der Waals surface area contributed by atoms with E-state index < -0.39 is 0 Å². The normalized spacial score (nSPS) is 9.00. The minimum absolute atomic E-state index is 1.47. The molecule has 0 aromatic carbocycles. The van der Waals surface area contributed by atoms with Gasteiger partial charge in [0.2, 0.25) is 0 Å². The van der Waals surface area contributed by atoms with E-state index in [-0.39, 0.29) is 0 Å². The lowest BCUT2D eigenvalue weighted by atomic mass is 10.9. The van der Waals surface area contributed by atoms with Crippen molar-refractivity contribution in [2.45, 2.75) is 0 Å². The number of hydrogen-bond donors (Lipinski definition) is 4. The van der Waals surface area contributed by atoms with Crippen LogP contribution in [-0.4, -0.2) is 0 Å². The molecule has 0 radical (unpaired) electrons. The smallest absolute Gasteiger partial charge is 0.0294 e. The zero-order valence-electron chi connectivity index (χ0n) is 3.31. The van der Waals surface area contributed by atoms with Gasteiger partial charge in [0.1, 0.15) is 0 Å². The topological polar surface area (TPSA) is 76.1 Å². The summed E-state index contributed by atoms with van der Waals surface area (Å²) in [6.45, 7) is 0. The number of nitrogens with two attached hydrogens (primary N) is 2. The van der Waals surface area contributed by atoms with E-state index in [1.165, 1.54) is 12.4 Å². The third-order valence-electron chi connectivity index (χ3n) is 0.276. The maximum Gasteiger partial charge on any atom is 0.0294 e. The molecule has 0 aliphatic heterocycles. The molecule has 0 saturated carbocycles. The summed E-state index contributed by atoms with van der Waals surface area (Å²) in [7, 11) is 0. The molecule has 0 amide bonds. The van der Waals surface area contributed by atoms with E-state index in [4.69, 9.17) is 11.7 Å². The van der Waals surface area contributed by atoms with Crippen molar-refractivity contribution >= 4 is 0 Å². The third-order valence-corrected chi connectivity index (χ3v) is 0.276. The predicted molar refractivity (Wildman–Crippen MR) is 23.8 cm³/mol. The van der Waals surface area contributed by atoms with Crippen LogP contribution in [0.5, 0.6) is 0 Å².